The standard InChI is InChI=1S/C18H19N5O/c1-12-5-6-15(13(2)21-12)16-7-9-20-18(22-16)23-17(11-24)14-4-3-8-19-10-14/h3-10,17,24H,11H2,1-2H3,(H,20,22,23)/t17-/m1/s1. The number of aliphatic hydroxyl groups excluding tert-OH is 1. The van der Waals surface area contributed by atoms with Crippen molar-refractivity contribution in [1.82, 2.24) is 19.9 Å². The summed E-state index contributed by atoms with van der Waals surface area (Å²) in [5.41, 5.74) is 4.53. The van der Waals surface area contributed by atoms with Crippen LogP contribution in [-0.2, 0) is 0 Å². The highest BCUT2D eigenvalue weighted by atomic mass is 16.3. The minimum absolute atomic E-state index is 0.0790. The zero-order valence-electron chi connectivity index (χ0n) is 13.6. The van der Waals surface area contributed by atoms with Gasteiger partial charge in [0.15, 0.2) is 0 Å². The Hall–Kier alpha value is -2.86. The monoisotopic (exact) mass is 321 g/mol. The molecule has 0 unspecified atom stereocenters. The Bertz CT molecular complexity index is 823. The van der Waals surface area contributed by atoms with E-state index in [1.165, 1.54) is 0 Å². The summed E-state index contributed by atoms with van der Waals surface area (Å²) in [7, 11) is 0. The molecule has 6 nitrogen and oxygen atoms in total. The summed E-state index contributed by atoms with van der Waals surface area (Å²) >= 11 is 0. The lowest BCUT2D eigenvalue weighted by molar-refractivity contribution is 0.275. The van der Waals surface area contributed by atoms with Crippen LogP contribution in [0.15, 0.2) is 48.9 Å². The molecule has 122 valence electrons. The van der Waals surface area contributed by atoms with Gasteiger partial charge in [0.05, 0.1) is 18.3 Å². The van der Waals surface area contributed by atoms with Gasteiger partial charge in [0, 0.05) is 35.5 Å². The van der Waals surface area contributed by atoms with Crippen molar-refractivity contribution < 1.29 is 5.11 Å². The van der Waals surface area contributed by atoms with Gasteiger partial charge >= 0.3 is 0 Å². The molecule has 0 aromatic carbocycles. The van der Waals surface area contributed by atoms with E-state index in [4.69, 9.17) is 0 Å². The second-order valence-electron chi connectivity index (χ2n) is 5.52. The Morgan fingerprint density at radius 3 is 2.67 bits per heavy atom. The summed E-state index contributed by atoms with van der Waals surface area (Å²) in [4.78, 5) is 17.4. The van der Waals surface area contributed by atoms with Crippen LogP contribution < -0.4 is 5.32 Å². The summed E-state index contributed by atoms with van der Waals surface area (Å²) in [6.07, 6.45) is 5.11. The highest BCUT2D eigenvalue weighted by Crippen LogP contribution is 2.22. The van der Waals surface area contributed by atoms with Crippen LogP contribution in [0.3, 0.4) is 0 Å². The zero-order valence-corrected chi connectivity index (χ0v) is 13.6. The molecule has 0 aliphatic carbocycles. The fourth-order valence-electron chi connectivity index (χ4n) is 2.51. The number of nitrogens with zero attached hydrogens (tertiary/aromatic N) is 4. The molecule has 0 saturated heterocycles. The summed E-state index contributed by atoms with van der Waals surface area (Å²) in [5, 5.41) is 12.8. The van der Waals surface area contributed by atoms with Crippen LogP contribution in [0.2, 0.25) is 0 Å². The van der Waals surface area contributed by atoms with E-state index in [2.05, 4.69) is 25.3 Å². The Balaban J connectivity index is 1.87. The molecule has 0 bridgehead atoms. The first-order chi connectivity index (χ1) is 11.7. The summed E-state index contributed by atoms with van der Waals surface area (Å²) in [6.45, 7) is 3.84. The predicted octanol–water partition coefficient (Wildman–Crippen LogP) is 2.70. The molecule has 0 spiro atoms. The Morgan fingerprint density at radius 2 is 1.96 bits per heavy atom. The molecule has 0 fully saturated rings. The number of aliphatic hydroxyl groups is 1. The van der Waals surface area contributed by atoms with Crippen LogP contribution in [0.1, 0.15) is 23.0 Å². The van der Waals surface area contributed by atoms with Crippen LogP contribution in [-0.4, -0.2) is 31.6 Å². The molecule has 0 saturated carbocycles. The number of anilines is 1. The molecule has 2 N–H and O–H groups in total. The minimum atomic E-state index is -0.314. The number of hydrogen-bond acceptors (Lipinski definition) is 6. The number of hydrogen-bond donors (Lipinski definition) is 2. The smallest absolute Gasteiger partial charge is 0.223 e. The second kappa shape index (κ2) is 7.14. The van der Waals surface area contributed by atoms with Crippen molar-refractivity contribution in [2.24, 2.45) is 0 Å². The molecule has 3 rings (SSSR count). The van der Waals surface area contributed by atoms with Crippen molar-refractivity contribution >= 4 is 5.95 Å². The van der Waals surface area contributed by atoms with Crippen LogP contribution in [0, 0.1) is 13.8 Å². The van der Waals surface area contributed by atoms with E-state index in [1.54, 1.807) is 18.6 Å². The van der Waals surface area contributed by atoms with Crippen molar-refractivity contribution in [3.63, 3.8) is 0 Å². The fourth-order valence-corrected chi connectivity index (χ4v) is 2.51. The molecule has 3 heterocycles. The molecule has 3 aromatic rings. The van der Waals surface area contributed by atoms with Gasteiger partial charge in [-0.25, -0.2) is 9.97 Å². The topological polar surface area (TPSA) is 83.8 Å². The third-order valence-corrected chi connectivity index (χ3v) is 3.73. The largest absolute Gasteiger partial charge is 0.394 e. The van der Waals surface area contributed by atoms with Crippen molar-refractivity contribution in [2.75, 3.05) is 11.9 Å². The summed E-state index contributed by atoms with van der Waals surface area (Å²) in [5.74, 6) is 0.454. The van der Waals surface area contributed by atoms with Crippen LogP contribution in [0.25, 0.3) is 11.3 Å². The Morgan fingerprint density at radius 1 is 1.08 bits per heavy atom. The lowest BCUT2D eigenvalue weighted by Crippen LogP contribution is -2.16. The van der Waals surface area contributed by atoms with E-state index in [1.807, 2.05) is 44.2 Å². The van der Waals surface area contributed by atoms with Crippen molar-refractivity contribution in [3.05, 3.63) is 65.9 Å². The molecule has 0 amide bonds. The number of rotatable bonds is 5. The van der Waals surface area contributed by atoms with Gasteiger partial charge in [0.25, 0.3) is 0 Å². The van der Waals surface area contributed by atoms with Gasteiger partial charge in [-0.2, -0.15) is 0 Å². The molecule has 0 aliphatic rings. The Labute approximate surface area is 140 Å². The highest BCUT2D eigenvalue weighted by Gasteiger charge is 2.13. The van der Waals surface area contributed by atoms with Crippen molar-refractivity contribution in [2.45, 2.75) is 19.9 Å². The highest BCUT2D eigenvalue weighted by molar-refractivity contribution is 5.62. The first-order valence-corrected chi connectivity index (χ1v) is 7.72. The molecule has 24 heavy (non-hydrogen) atoms. The Kier molecular flexibility index (Phi) is 4.77. The molecule has 3 aromatic heterocycles. The van der Waals surface area contributed by atoms with E-state index in [-0.39, 0.29) is 12.6 Å². The maximum atomic E-state index is 9.65. The molecule has 0 aliphatic heterocycles. The van der Waals surface area contributed by atoms with Gasteiger partial charge in [-0.1, -0.05) is 6.07 Å². The van der Waals surface area contributed by atoms with Gasteiger partial charge in [0.2, 0.25) is 5.95 Å². The molecular formula is C18H19N5O. The molecule has 6 heteroatoms. The molecule has 0 radical (unpaired) electrons. The van der Waals surface area contributed by atoms with Crippen molar-refractivity contribution in [1.29, 1.82) is 0 Å². The average molecular weight is 321 g/mol. The van der Waals surface area contributed by atoms with Gasteiger partial charge in [-0.3, -0.25) is 9.97 Å². The predicted molar refractivity (Wildman–Crippen MR) is 92.4 cm³/mol. The van der Waals surface area contributed by atoms with Gasteiger partial charge in [-0.15, -0.1) is 0 Å². The first-order valence-electron chi connectivity index (χ1n) is 7.72. The van der Waals surface area contributed by atoms with E-state index in [0.29, 0.717) is 5.95 Å². The van der Waals surface area contributed by atoms with Gasteiger partial charge in [-0.05, 0) is 43.7 Å². The number of nitrogens with one attached hydrogen (secondary N) is 1. The van der Waals surface area contributed by atoms with E-state index < -0.39 is 0 Å². The number of pyridine rings is 2. The SMILES string of the molecule is Cc1ccc(-c2ccnc(N[C@H](CO)c3cccnc3)n2)c(C)n1. The molecular weight excluding hydrogens is 302 g/mol. The zero-order chi connectivity index (χ0) is 16.9. The van der Waals surface area contributed by atoms with Crippen LogP contribution in [0.5, 0.6) is 0 Å². The maximum absolute atomic E-state index is 9.65. The summed E-state index contributed by atoms with van der Waals surface area (Å²) < 4.78 is 0. The third-order valence-electron chi connectivity index (χ3n) is 3.73. The van der Waals surface area contributed by atoms with Gasteiger partial charge < -0.3 is 10.4 Å². The molecule has 1 atom stereocenters. The van der Waals surface area contributed by atoms with Gasteiger partial charge in [0.1, 0.15) is 0 Å². The second-order valence-corrected chi connectivity index (χ2v) is 5.52. The van der Waals surface area contributed by atoms with Crippen molar-refractivity contribution in [3.8, 4) is 11.3 Å². The quantitative estimate of drug-likeness (QED) is 0.752. The third kappa shape index (κ3) is 3.55. The van der Waals surface area contributed by atoms with Crippen LogP contribution in [0.4, 0.5) is 5.95 Å². The van der Waals surface area contributed by atoms with E-state index in [0.717, 1.165) is 28.2 Å². The maximum Gasteiger partial charge on any atom is 0.223 e. The van der Waals surface area contributed by atoms with E-state index >= 15 is 0 Å². The summed E-state index contributed by atoms with van der Waals surface area (Å²) in [6, 6.07) is 9.24. The lowest BCUT2D eigenvalue weighted by atomic mass is 10.1. The lowest BCUT2D eigenvalue weighted by Gasteiger charge is -2.16. The first kappa shape index (κ1) is 16.0. The fraction of sp³-hybridized carbons (Fsp3) is 0.222. The number of aromatic nitrogens is 4. The number of aryl methyl sites for hydroxylation is 2. The van der Waals surface area contributed by atoms with Crippen LogP contribution >= 0.6 is 0 Å². The van der Waals surface area contributed by atoms with E-state index in [9.17, 15) is 5.11 Å². The minimum Gasteiger partial charge on any atom is -0.394 e. The average Bonchev–Trinajstić information content (AvgIpc) is 2.60. The normalized spacial score (nSPS) is 12.0.